The quantitative estimate of drug-likeness (QED) is 0.816. The first-order valence-electron chi connectivity index (χ1n) is 7.32. The van der Waals surface area contributed by atoms with Crippen LogP contribution in [0.15, 0.2) is 66.3 Å². The van der Waals surface area contributed by atoms with E-state index in [4.69, 9.17) is 0 Å². The molecule has 0 spiro atoms. The molecule has 1 aromatic carbocycles. The van der Waals surface area contributed by atoms with Crippen molar-refractivity contribution in [2.75, 3.05) is 6.54 Å². The fraction of sp³-hybridized carbons (Fsp3) is 0.316. The Morgan fingerprint density at radius 1 is 1.29 bits per heavy atom. The van der Waals surface area contributed by atoms with Crippen LogP contribution in [0.3, 0.4) is 0 Å². The summed E-state index contributed by atoms with van der Waals surface area (Å²) in [6, 6.07) is 10.1. The van der Waals surface area contributed by atoms with Crippen molar-refractivity contribution in [3.63, 3.8) is 0 Å². The predicted octanol–water partition coefficient (Wildman–Crippen LogP) is 4.11. The van der Waals surface area contributed by atoms with Crippen LogP contribution in [0, 0.1) is 5.41 Å². The number of carbonyl (C=O) groups excluding carboxylic acids is 1. The van der Waals surface area contributed by atoms with Crippen molar-refractivity contribution in [1.29, 1.82) is 0 Å². The summed E-state index contributed by atoms with van der Waals surface area (Å²) in [5.74, 6) is 0.155. The average molecular weight is 281 g/mol. The van der Waals surface area contributed by atoms with Crippen molar-refractivity contribution >= 4 is 5.91 Å². The molecule has 0 bridgehead atoms. The molecule has 2 rings (SSSR count). The van der Waals surface area contributed by atoms with Gasteiger partial charge in [-0.15, -0.1) is 0 Å². The van der Waals surface area contributed by atoms with Gasteiger partial charge in [0.2, 0.25) is 5.91 Å². The Morgan fingerprint density at radius 2 is 1.95 bits per heavy atom. The van der Waals surface area contributed by atoms with E-state index in [0.29, 0.717) is 13.1 Å². The van der Waals surface area contributed by atoms with E-state index in [-0.39, 0.29) is 5.91 Å². The van der Waals surface area contributed by atoms with Gasteiger partial charge >= 0.3 is 0 Å². The highest BCUT2D eigenvalue weighted by atomic mass is 16.2. The number of rotatable bonds is 3. The van der Waals surface area contributed by atoms with E-state index in [1.54, 1.807) is 0 Å². The molecule has 1 heterocycles. The lowest BCUT2D eigenvalue weighted by Crippen LogP contribution is -2.39. The summed E-state index contributed by atoms with van der Waals surface area (Å²) >= 11 is 0. The first-order valence-corrected chi connectivity index (χ1v) is 7.32. The van der Waals surface area contributed by atoms with Crippen molar-refractivity contribution in [3.05, 3.63) is 71.8 Å². The molecule has 110 valence electrons. The number of carbonyl (C=O) groups is 1. The van der Waals surface area contributed by atoms with Crippen LogP contribution in [0.4, 0.5) is 0 Å². The summed E-state index contributed by atoms with van der Waals surface area (Å²) in [4.78, 5) is 14.7. The van der Waals surface area contributed by atoms with E-state index in [1.165, 1.54) is 0 Å². The highest BCUT2D eigenvalue weighted by molar-refractivity contribution is 5.85. The Balaban J connectivity index is 2.35. The molecule has 0 saturated heterocycles. The molecule has 0 aliphatic carbocycles. The molecule has 2 heteroatoms. The Bertz CT molecular complexity index is 593. The van der Waals surface area contributed by atoms with Crippen LogP contribution in [-0.2, 0) is 11.3 Å². The molecule has 1 aliphatic heterocycles. The van der Waals surface area contributed by atoms with Crippen molar-refractivity contribution in [1.82, 2.24) is 4.90 Å². The lowest BCUT2D eigenvalue weighted by atomic mass is 9.89. The minimum absolute atomic E-state index is 0.155. The van der Waals surface area contributed by atoms with Crippen LogP contribution >= 0.6 is 0 Å². The van der Waals surface area contributed by atoms with E-state index in [9.17, 15) is 4.79 Å². The fourth-order valence-corrected chi connectivity index (χ4v) is 2.70. The van der Waals surface area contributed by atoms with Crippen molar-refractivity contribution in [2.45, 2.75) is 27.3 Å². The normalized spacial score (nSPS) is 20.1. The van der Waals surface area contributed by atoms with Gasteiger partial charge in [-0.25, -0.2) is 0 Å². The molecule has 0 fully saturated rings. The van der Waals surface area contributed by atoms with Gasteiger partial charge in [0.25, 0.3) is 0 Å². The third-order valence-electron chi connectivity index (χ3n) is 3.87. The summed E-state index contributed by atoms with van der Waals surface area (Å²) in [5.41, 5.74) is 2.86. The predicted molar refractivity (Wildman–Crippen MR) is 87.7 cm³/mol. The maximum atomic E-state index is 12.8. The molecule has 1 aromatic rings. The van der Waals surface area contributed by atoms with Gasteiger partial charge in [0, 0.05) is 13.1 Å². The molecule has 0 unspecified atom stereocenters. The largest absolute Gasteiger partial charge is 0.333 e. The van der Waals surface area contributed by atoms with Gasteiger partial charge in [0.1, 0.15) is 0 Å². The second kappa shape index (κ2) is 6.13. The maximum absolute atomic E-state index is 12.8. The molecule has 0 atom stereocenters. The van der Waals surface area contributed by atoms with Crippen LogP contribution in [0.25, 0.3) is 0 Å². The maximum Gasteiger partial charge on any atom is 0.232 e. The van der Waals surface area contributed by atoms with Gasteiger partial charge in [-0.3, -0.25) is 4.79 Å². The van der Waals surface area contributed by atoms with Crippen LogP contribution in [-0.4, -0.2) is 17.4 Å². The SMILES string of the molecule is C=CC1=CC(C)(C)C(=O)N(Cc2ccccc2)C/C1=C\C. The number of hydrogen-bond donors (Lipinski definition) is 0. The first-order chi connectivity index (χ1) is 9.97. The van der Waals surface area contributed by atoms with Crippen molar-refractivity contribution in [2.24, 2.45) is 5.41 Å². The van der Waals surface area contributed by atoms with Gasteiger partial charge in [0.05, 0.1) is 5.41 Å². The average Bonchev–Trinajstić information content (AvgIpc) is 2.57. The lowest BCUT2D eigenvalue weighted by Gasteiger charge is -2.28. The van der Waals surface area contributed by atoms with E-state index >= 15 is 0 Å². The van der Waals surface area contributed by atoms with Crippen LogP contribution in [0.1, 0.15) is 26.3 Å². The third-order valence-corrected chi connectivity index (χ3v) is 3.87. The highest BCUT2D eigenvalue weighted by Crippen LogP contribution is 2.31. The molecule has 21 heavy (non-hydrogen) atoms. The molecule has 2 nitrogen and oxygen atoms in total. The smallest absolute Gasteiger partial charge is 0.232 e. The molecule has 0 aromatic heterocycles. The summed E-state index contributed by atoms with van der Waals surface area (Å²) in [6.45, 7) is 11.1. The molecule has 0 N–H and O–H groups in total. The van der Waals surface area contributed by atoms with E-state index in [0.717, 1.165) is 16.7 Å². The summed E-state index contributed by atoms with van der Waals surface area (Å²) in [6.07, 6.45) is 5.94. The Labute approximate surface area is 127 Å². The van der Waals surface area contributed by atoms with Crippen molar-refractivity contribution < 1.29 is 4.79 Å². The molecule has 0 radical (unpaired) electrons. The minimum atomic E-state index is -0.511. The zero-order chi connectivity index (χ0) is 15.5. The standard InChI is InChI=1S/C19H23NO/c1-5-16-12-19(3,4)18(21)20(14-17(16)6-2)13-15-10-8-7-9-11-15/h5-12H,1,13-14H2,2-4H3/b17-6+. The third kappa shape index (κ3) is 3.33. The van der Waals surface area contributed by atoms with Gasteiger partial charge in [-0.2, -0.15) is 0 Å². The Hall–Kier alpha value is -2.09. The zero-order valence-electron chi connectivity index (χ0n) is 13.1. The lowest BCUT2D eigenvalue weighted by molar-refractivity contribution is -0.137. The first kappa shape index (κ1) is 15.3. The minimum Gasteiger partial charge on any atom is -0.333 e. The van der Waals surface area contributed by atoms with E-state index in [2.05, 4.69) is 24.8 Å². The fourth-order valence-electron chi connectivity index (χ4n) is 2.70. The number of nitrogens with zero attached hydrogens (tertiary/aromatic N) is 1. The number of allylic oxidation sites excluding steroid dienone is 2. The Morgan fingerprint density at radius 3 is 2.52 bits per heavy atom. The van der Waals surface area contributed by atoms with Crippen LogP contribution < -0.4 is 0 Å². The zero-order valence-corrected chi connectivity index (χ0v) is 13.1. The van der Waals surface area contributed by atoms with Crippen LogP contribution in [0.2, 0.25) is 0 Å². The van der Waals surface area contributed by atoms with E-state index < -0.39 is 5.41 Å². The summed E-state index contributed by atoms with van der Waals surface area (Å²) in [5, 5.41) is 0. The van der Waals surface area contributed by atoms with E-state index in [1.807, 2.05) is 56.0 Å². The van der Waals surface area contributed by atoms with Gasteiger partial charge < -0.3 is 4.90 Å². The molecular formula is C19H23NO. The topological polar surface area (TPSA) is 20.3 Å². The summed E-state index contributed by atoms with van der Waals surface area (Å²) in [7, 11) is 0. The second-order valence-corrected chi connectivity index (χ2v) is 5.99. The molecular weight excluding hydrogens is 258 g/mol. The molecule has 1 aliphatic rings. The van der Waals surface area contributed by atoms with Gasteiger partial charge in [-0.05, 0) is 37.5 Å². The van der Waals surface area contributed by atoms with Gasteiger partial charge in [0.15, 0.2) is 0 Å². The number of hydrogen-bond acceptors (Lipinski definition) is 1. The number of benzene rings is 1. The van der Waals surface area contributed by atoms with Crippen molar-refractivity contribution in [3.8, 4) is 0 Å². The van der Waals surface area contributed by atoms with Gasteiger partial charge in [-0.1, -0.05) is 55.1 Å². The molecule has 0 saturated carbocycles. The van der Waals surface area contributed by atoms with Crippen LogP contribution in [0.5, 0.6) is 0 Å². The highest BCUT2D eigenvalue weighted by Gasteiger charge is 2.33. The summed E-state index contributed by atoms with van der Waals surface area (Å²) < 4.78 is 0. The molecule has 1 amide bonds. The second-order valence-electron chi connectivity index (χ2n) is 5.99. The Kier molecular flexibility index (Phi) is 4.46. The number of amides is 1. The monoisotopic (exact) mass is 281 g/mol.